The van der Waals surface area contributed by atoms with Crippen LogP contribution in [0.15, 0.2) is 40.9 Å². The zero-order valence-corrected chi connectivity index (χ0v) is 12.1. The van der Waals surface area contributed by atoms with Crippen molar-refractivity contribution in [2.75, 3.05) is 0 Å². The van der Waals surface area contributed by atoms with Crippen LogP contribution in [0.25, 0.3) is 0 Å². The second-order valence-electron chi connectivity index (χ2n) is 4.24. The Morgan fingerprint density at radius 2 is 1.81 bits per heavy atom. The van der Waals surface area contributed by atoms with E-state index in [1.165, 1.54) is 24.3 Å². The monoisotopic (exact) mass is 363 g/mol. The van der Waals surface area contributed by atoms with Gasteiger partial charge in [0, 0.05) is 17.1 Å². The number of halogens is 5. The molecular weight excluding hydrogens is 354 g/mol. The molecule has 0 aliphatic carbocycles. The third kappa shape index (κ3) is 3.95. The molecule has 0 atom stereocenters. The highest BCUT2D eigenvalue weighted by Crippen LogP contribution is 2.39. The summed E-state index contributed by atoms with van der Waals surface area (Å²) in [5, 5.41) is 0. The van der Waals surface area contributed by atoms with E-state index in [0.717, 1.165) is 12.1 Å². The lowest BCUT2D eigenvalue weighted by Gasteiger charge is -2.15. The molecule has 0 bridgehead atoms. The molecule has 0 unspecified atom stereocenters. The number of hydrogen-bond donors (Lipinski definition) is 1. The standard InChI is InChI=1S/C14H10BrF4NO/c15-9-4-10(16)6-11(5-9)21-13-2-1-8(7-20)3-12(13)14(17,18)19/h1-6H,7,20H2. The van der Waals surface area contributed by atoms with E-state index >= 15 is 0 Å². The van der Waals surface area contributed by atoms with Gasteiger partial charge in [-0.2, -0.15) is 13.2 Å². The maximum Gasteiger partial charge on any atom is 0.419 e. The summed E-state index contributed by atoms with van der Waals surface area (Å²) in [4.78, 5) is 0. The van der Waals surface area contributed by atoms with Crippen molar-refractivity contribution in [1.29, 1.82) is 0 Å². The first-order valence-corrected chi connectivity index (χ1v) is 6.63. The van der Waals surface area contributed by atoms with Crippen LogP contribution in [0.2, 0.25) is 0 Å². The summed E-state index contributed by atoms with van der Waals surface area (Å²) in [6, 6.07) is 7.07. The molecule has 2 aromatic carbocycles. The molecule has 2 aromatic rings. The summed E-state index contributed by atoms with van der Waals surface area (Å²) < 4.78 is 57.8. The molecule has 0 amide bonds. The fourth-order valence-corrected chi connectivity index (χ4v) is 2.17. The van der Waals surface area contributed by atoms with Crippen LogP contribution in [-0.4, -0.2) is 0 Å². The van der Waals surface area contributed by atoms with Gasteiger partial charge in [-0.15, -0.1) is 0 Å². The van der Waals surface area contributed by atoms with Gasteiger partial charge in [-0.1, -0.05) is 22.0 Å². The fraction of sp³-hybridized carbons (Fsp3) is 0.143. The van der Waals surface area contributed by atoms with Gasteiger partial charge in [0.1, 0.15) is 17.3 Å². The average molecular weight is 364 g/mol. The number of hydrogen-bond acceptors (Lipinski definition) is 2. The first-order chi connectivity index (χ1) is 9.79. The van der Waals surface area contributed by atoms with Gasteiger partial charge < -0.3 is 10.5 Å². The normalized spacial score (nSPS) is 11.5. The van der Waals surface area contributed by atoms with Crippen molar-refractivity contribution in [3.05, 3.63) is 57.8 Å². The first kappa shape index (κ1) is 15.8. The largest absolute Gasteiger partial charge is 0.457 e. The van der Waals surface area contributed by atoms with Gasteiger partial charge in [-0.25, -0.2) is 4.39 Å². The Morgan fingerprint density at radius 3 is 2.38 bits per heavy atom. The number of rotatable bonds is 3. The summed E-state index contributed by atoms with van der Waals surface area (Å²) in [5.74, 6) is -1.06. The Kier molecular flexibility index (Phi) is 4.53. The van der Waals surface area contributed by atoms with Crippen LogP contribution in [0.1, 0.15) is 11.1 Å². The highest BCUT2D eigenvalue weighted by atomic mass is 79.9. The minimum atomic E-state index is -4.59. The molecular formula is C14H10BrF4NO. The third-order valence-electron chi connectivity index (χ3n) is 2.65. The van der Waals surface area contributed by atoms with Gasteiger partial charge in [0.2, 0.25) is 0 Å². The second-order valence-corrected chi connectivity index (χ2v) is 5.16. The van der Waals surface area contributed by atoms with Crippen molar-refractivity contribution >= 4 is 15.9 Å². The molecule has 2 N–H and O–H groups in total. The van der Waals surface area contributed by atoms with E-state index in [4.69, 9.17) is 10.5 Å². The van der Waals surface area contributed by atoms with Crippen molar-refractivity contribution in [2.24, 2.45) is 5.73 Å². The topological polar surface area (TPSA) is 35.2 Å². The summed E-state index contributed by atoms with van der Waals surface area (Å²) in [6.07, 6.45) is -4.59. The summed E-state index contributed by atoms with van der Waals surface area (Å²) in [7, 11) is 0. The number of nitrogens with two attached hydrogens (primary N) is 1. The Bertz CT molecular complexity index is 638. The Balaban J connectivity index is 2.43. The van der Waals surface area contributed by atoms with E-state index in [1.807, 2.05) is 0 Å². The van der Waals surface area contributed by atoms with Crippen molar-refractivity contribution in [3.8, 4) is 11.5 Å². The minimum Gasteiger partial charge on any atom is -0.457 e. The van der Waals surface area contributed by atoms with Crippen molar-refractivity contribution < 1.29 is 22.3 Å². The fourth-order valence-electron chi connectivity index (χ4n) is 1.73. The van der Waals surface area contributed by atoms with E-state index in [1.54, 1.807) is 0 Å². The molecule has 0 fully saturated rings. The molecule has 0 aliphatic rings. The molecule has 2 nitrogen and oxygen atoms in total. The maximum atomic E-state index is 13.2. The van der Waals surface area contributed by atoms with E-state index in [9.17, 15) is 17.6 Å². The summed E-state index contributed by atoms with van der Waals surface area (Å²) in [6.45, 7) is -0.0190. The molecule has 0 heterocycles. The Hall–Kier alpha value is -1.60. The van der Waals surface area contributed by atoms with E-state index < -0.39 is 23.3 Å². The lowest BCUT2D eigenvalue weighted by molar-refractivity contribution is -0.138. The van der Waals surface area contributed by atoms with Crippen LogP contribution in [0, 0.1) is 5.82 Å². The smallest absolute Gasteiger partial charge is 0.419 e. The van der Waals surface area contributed by atoms with Crippen molar-refractivity contribution in [1.82, 2.24) is 0 Å². The van der Waals surface area contributed by atoms with E-state index in [0.29, 0.717) is 10.0 Å². The Morgan fingerprint density at radius 1 is 1.10 bits per heavy atom. The van der Waals surface area contributed by atoms with Crippen LogP contribution in [0.5, 0.6) is 11.5 Å². The minimum absolute atomic E-state index is 0.0190. The molecule has 0 spiro atoms. The highest BCUT2D eigenvalue weighted by Gasteiger charge is 2.34. The summed E-state index contributed by atoms with van der Waals surface area (Å²) >= 11 is 3.05. The van der Waals surface area contributed by atoms with Gasteiger partial charge >= 0.3 is 6.18 Å². The zero-order chi connectivity index (χ0) is 15.6. The number of alkyl halides is 3. The van der Waals surface area contributed by atoms with Crippen LogP contribution in [0.4, 0.5) is 17.6 Å². The molecule has 0 aliphatic heterocycles. The molecule has 112 valence electrons. The lowest BCUT2D eigenvalue weighted by atomic mass is 10.1. The zero-order valence-electron chi connectivity index (χ0n) is 10.5. The van der Waals surface area contributed by atoms with Crippen LogP contribution in [0.3, 0.4) is 0 Å². The lowest BCUT2D eigenvalue weighted by Crippen LogP contribution is -2.09. The summed E-state index contributed by atoms with van der Waals surface area (Å²) in [5.41, 5.74) is 4.72. The highest BCUT2D eigenvalue weighted by molar-refractivity contribution is 9.10. The van der Waals surface area contributed by atoms with Gasteiger partial charge in [0.25, 0.3) is 0 Å². The van der Waals surface area contributed by atoms with Crippen molar-refractivity contribution in [2.45, 2.75) is 12.7 Å². The van der Waals surface area contributed by atoms with Crippen LogP contribution in [-0.2, 0) is 12.7 Å². The second kappa shape index (κ2) is 6.03. The molecule has 0 saturated carbocycles. The average Bonchev–Trinajstić information content (AvgIpc) is 2.36. The molecule has 2 rings (SSSR count). The van der Waals surface area contributed by atoms with Crippen molar-refractivity contribution in [3.63, 3.8) is 0 Å². The third-order valence-corrected chi connectivity index (χ3v) is 3.11. The molecule has 21 heavy (non-hydrogen) atoms. The van der Waals surface area contributed by atoms with Crippen LogP contribution >= 0.6 is 15.9 Å². The quantitative estimate of drug-likeness (QED) is 0.790. The Labute approximate surface area is 126 Å². The molecule has 0 radical (unpaired) electrons. The van der Waals surface area contributed by atoms with E-state index in [-0.39, 0.29) is 12.3 Å². The predicted molar refractivity (Wildman–Crippen MR) is 73.5 cm³/mol. The van der Waals surface area contributed by atoms with Gasteiger partial charge in [0.05, 0.1) is 5.56 Å². The number of ether oxygens (including phenoxy) is 1. The maximum absolute atomic E-state index is 13.2. The van der Waals surface area contributed by atoms with Gasteiger partial charge in [-0.3, -0.25) is 0 Å². The number of benzene rings is 2. The van der Waals surface area contributed by atoms with Crippen LogP contribution < -0.4 is 10.5 Å². The molecule has 0 saturated heterocycles. The van der Waals surface area contributed by atoms with E-state index in [2.05, 4.69) is 15.9 Å². The SMILES string of the molecule is NCc1ccc(Oc2cc(F)cc(Br)c2)c(C(F)(F)F)c1. The van der Waals surface area contributed by atoms with Gasteiger partial charge in [0.15, 0.2) is 0 Å². The predicted octanol–water partition coefficient (Wildman–Crippen LogP) is 4.86. The van der Waals surface area contributed by atoms with Gasteiger partial charge in [-0.05, 0) is 29.8 Å². The molecule has 0 aromatic heterocycles. The first-order valence-electron chi connectivity index (χ1n) is 5.84. The molecule has 7 heteroatoms.